The minimum atomic E-state index is -4.60. The summed E-state index contributed by atoms with van der Waals surface area (Å²) in [6.07, 6.45) is -0.880. The minimum absolute atomic E-state index is 0.110. The van der Waals surface area contributed by atoms with E-state index in [4.69, 9.17) is 11.6 Å². The van der Waals surface area contributed by atoms with Gasteiger partial charge in [0.05, 0.1) is 5.02 Å². The lowest BCUT2D eigenvalue weighted by Gasteiger charge is -2.07. The number of alkyl halides is 3. The van der Waals surface area contributed by atoms with Crippen molar-refractivity contribution in [3.63, 3.8) is 0 Å². The van der Waals surface area contributed by atoms with Crippen LogP contribution in [0.1, 0.15) is 16.3 Å². The number of rotatable bonds is 2. The molecule has 0 saturated carbocycles. The van der Waals surface area contributed by atoms with Gasteiger partial charge in [-0.2, -0.15) is 13.2 Å². The fourth-order valence-corrected chi connectivity index (χ4v) is 1.57. The summed E-state index contributed by atoms with van der Waals surface area (Å²) in [6.45, 7) is 0. The van der Waals surface area contributed by atoms with Crippen molar-refractivity contribution in [2.24, 2.45) is 0 Å². The first-order valence-electron chi connectivity index (χ1n) is 4.92. The Hall–Kier alpha value is -2.02. The first-order valence-corrected chi connectivity index (χ1v) is 5.30. The van der Waals surface area contributed by atoms with E-state index in [1.807, 2.05) is 0 Å². The molecular weight excluding hydrogens is 283 g/mol. The predicted molar refractivity (Wildman–Crippen MR) is 60.7 cm³/mol. The smallest absolute Gasteiger partial charge is 0.296 e. The van der Waals surface area contributed by atoms with Crippen LogP contribution in [0.5, 0.6) is 0 Å². The van der Waals surface area contributed by atoms with Gasteiger partial charge in [-0.15, -0.1) is 0 Å². The molecule has 2 aromatic rings. The highest BCUT2D eigenvalue weighted by Gasteiger charge is 2.34. The average molecular weight is 288 g/mol. The zero-order chi connectivity index (χ0) is 14.0. The van der Waals surface area contributed by atoms with E-state index >= 15 is 0 Å². The van der Waals surface area contributed by atoms with Crippen molar-refractivity contribution in [3.05, 3.63) is 41.2 Å². The average Bonchev–Trinajstić information content (AvgIpc) is 2.38. The molecule has 0 aliphatic rings. The number of carbonyl (C=O) groups is 1. The quantitative estimate of drug-likeness (QED) is 0.797. The number of halogens is 4. The second kappa shape index (κ2) is 4.93. The highest BCUT2D eigenvalue weighted by molar-refractivity contribution is 6.33. The van der Waals surface area contributed by atoms with Crippen molar-refractivity contribution >= 4 is 17.9 Å². The summed E-state index contributed by atoms with van der Waals surface area (Å²) < 4.78 is 36.9. The molecule has 0 aromatic carbocycles. The van der Waals surface area contributed by atoms with Crippen LogP contribution < -0.4 is 0 Å². The Bertz CT molecular complexity index is 614. The normalized spacial score (nSPS) is 11.4. The van der Waals surface area contributed by atoms with Gasteiger partial charge in [-0.25, -0.2) is 9.97 Å². The standard InChI is InChI=1S/C11H5ClF3N3O/c12-9-4-16-7(5-19)1-8(9)6-2-17-10(18-3-6)11(13,14)15/h1-5H. The van der Waals surface area contributed by atoms with Crippen molar-refractivity contribution < 1.29 is 18.0 Å². The van der Waals surface area contributed by atoms with Gasteiger partial charge in [-0.3, -0.25) is 9.78 Å². The SMILES string of the molecule is O=Cc1cc(-c2cnc(C(F)(F)F)nc2)c(Cl)cn1. The summed E-state index contributed by atoms with van der Waals surface area (Å²) in [4.78, 5) is 20.8. The maximum atomic E-state index is 12.3. The van der Waals surface area contributed by atoms with Gasteiger partial charge >= 0.3 is 6.18 Å². The number of nitrogens with zero attached hydrogens (tertiary/aromatic N) is 3. The van der Waals surface area contributed by atoms with Crippen molar-refractivity contribution in [1.29, 1.82) is 0 Å². The molecular formula is C11H5ClF3N3O. The third kappa shape index (κ3) is 2.87. The van der Waals surface area contributed by atoms with E-state index in [0.29, 0.717) is 11.8 Å². The van der Waals surface area contributed by atoms with E-state index < -0.39 is 12.0 Å². The Morgan fingerprint density at radius 2 is 1.74 bits per heavy atom. The first-order chi connectivity index (χ1) is 8.91. The van der Waals surface area contributed by atoms with Gasteiger partial charge < -0.3 is 0 Å². The van der Waals surface area contributed by atoms with Crippen LogP contribution in [0.2, 0.25) is 5.02 Å². The van der Waals surface area contributed by atoms with E-state index in [2.05, 4.69) is 15.0 Å². The summed E-state index contributed by atoms with van der Waals surface area (Å²) in [5, 5.41) is 0.189. The van der Waals surface area contributed by atoms with E-state index in [9.17, 15) is 18.0 Å². The Kier molecular flexibility index (Phi) is 3.48. The molecule has 0 radical (unpaired) electrons. The Morgan fingerprint density at radius 3 is 2.26 bits per heavy atom. The Labute approximate surface area is 110 Å². The van der Waals surface area contributed by atoms with Gasteiger partial charge in [0, 0.05) is 29.7 Å². The first kappa shape index (κ1) is 13.4. The maximum Gasteiger partial charge on any atom is 0.451 e. The van der Waals surface area contributed by atoms with Crippen LogP contribution in [0, 0.1) is 0 Å². The summed E-state index contributed by atoms with van der Waals surface area (Å²) in [7, 11) is 0. The molecule has 0 atom stereocenters. The van der Waals surface area contributed by atoms with Crippen LogP contribution in [0.3, 0.4) is 0 Å². The van der Waals surface area contributed by atoms with Crippen molar-refractivity contribution in [2.45, 2.75) is 6.18 Å². The van der Waals surface area contributed by atoms with Crippen LogP contribution in [0.4, 0.5) is 13.2 Å². The second-order valence-corrected chi connectivity index (χ2v) is 3.91. The summed E-state index contributed by atoms with van der Waals surface area (Å²) >= 11 is 5.86. The molecule has 2 rings (SSSR count). The van der Waals surface area contributed by atoms with Crippen molar-refractivity contribution in [2.75, 3.05) is 0 Å². The second-order valence-electron chi connectivity index (χ2n) is 3.50. The molecule has 0 N–H and O–H groups in total. The van der Waals surface area contributed by atoms with Gasteiger partial charge in [0.2, 0.25) is 5.82 Å². The molecule has 0 saturated heterocycles. The van der Waals surface area contributed by atoms with Crippen LogP contribution in [0.25, 0.3) is 11.1 Å². The lowest BCUT2D eigenvalue weighted by atomic mass is 10.1. The van der Waals surface area contributed by atoms with Crippen molar-refractivity contribution in [1.82, 2.24) is 15.0 Å². The molecule has 0 aliphatic carbocycles. The van der Waals surface area contributed by atoms with E-state index in [-0.39, 0.29) is 16.3 Å². The van der Waals surface area contributed by atoms with Gasteiger partial charge in [0.1, 0.15) is 5.69 Å². The number of aldehydes is 1. The lowest BCUT2D eigenvalue weighted by molar-refractivity contribution is -0.144. The van der Waals surface area contributed by atoms with Crippen LogP contribution in [-0.2, 0) is 6.18 Å². The third-order valence-electron chi connectivity index (χ3n) is 2.21. The molecule has 4 nitrogen and oxygen atoms in total. The van der Waals surface area contributed by atoms with Gasteiger partial charge in [0.15, 0.2) is 6.29 Å². The van der Waals surface area contributed by atoms with E-state index in [0.717, 1.165) is 12.4 Å². The summed E-state index contributed by atoms with van der Waals surface area (Å²) in [6, 6.07) is 1.35. The molecule has 0 amide bonds. The maximum absolute atomic E-state index is 12.3. The molecule has 2 heterocycles. The topological polar surface area (TPSA) is 55.7 Å². The summed E-state index contributed by atoms with van der Waals surface area (Å²) in [5.74, 6) is -1.24. The van der Waals surface area contributed by atoms with Gasteiger partial charge in [-0.1, -0.05) is 11.6 Å². The Morgan fingerprint density at radius 1 is 1.11 bits per heavy atom. The van der Waals surface area contributed by atoms with Crippen LogP contribution >= 0.6 is 11.6 Å². The monoisotopic (exact) mass is 287 g/mol. The number of carbonyl (C=O) groups excluding carboxylic acids is 1. The van der Waals surface area contributed by atoms with E-state index in [1.165, 1.54) is 12.3 Å². The zero-order valence-electron chi connectivity index (χ0n) is 9.15. The Balaban J connectivity index is 2.45. The predicted octanol–water partition coefficient (Wildman–Crippen LogP) is 3.02. The third-order valence-corrected chi connectivity index (χ3v) is 2.51. The molecule has 0 bridgehead atoms. The molecule has 98 valence electrons. The number of pyridine rings is 1. The van der Waals surface area contributed by atoms with Crippen molar-refractivity contribution in [3.8, 4) is 11.1 Å². The highest BCUT2D eigenvalue weighted by Crippen LogP contribution is 2.29. The van der Waals surface area contributed by atoms with E-state index in [1.54, 1.807) is 0 Å². The molecule has 2 aromatic heterocycles. The number of aromatic nitrogens is 3. The molecule has 19 heavy (non-hydrogen) atoms. The zero-order valence-corrected chi connectivity index (χ0v) is 9.90. The molecule has 0 aliphatic heterocycles. The molecule has 8 heteroatoms. The van der Waals surface area contributed by atoms with Gasteiger partial charge in [0.25, 0.3) is 0 Å². The fourth-order valence-electron chi connectivity index (χ4n) is 1.35. The molecule has 0 spiro atoms. The molecule has 0 fully saturated rings. The van der Waals surface area contributed by atoms with Crippen LogP contribution in [0.15, 0.2) is 24.7 Å². The number of hydrogen-bond donors (Lipinski definition) is 0. The minimum Gasteiger partial charge on any atom is -0.296 e. The largest absolute Gasteiger partial charge is 0.451 e. The van der Waals surface area contributed by atoms with Crippen LogP contribution in [-0.4, -0.2) is 21.2 Å². The fraction of sp³-hybridized carbons (Fsp3) is 0.0909. The highest BCUT2D eigenvalue weighted by atomic mass is 35.5. The number of hydrogen-bond acceptors (Lipinski definition) is 4. The molecule has 0 unspecified atom stereocenters. The lowest BCUT2D eigenvalue weighted by Crippen LogP contribution is -2.10. The summed E-state index contributed by atoms with van der Waals surface area (Å²) in [5.41, 5.74) is 0.718. The van der Waals surface area contributed by atoms with Gasteiger partial charge in [-0.05, 0) is 6.07 Å².